The predicted molar refractivity (Wildman–Crippen MR) is 144 cm³/mol. The zero-order valence-electron chi connectivity index (χ0n) is 20.7. The molecule has 0 bridgehead atoms. The van der Waals surface area contributed by atoms with Crippen LogP contribution in [0.25, 0.3) is 33.5 Å². The Kier molecular flexibility index (Phi) is 6.94. The molecule has 1 aromatic heterocycles. The quantitative estimate of drug-likeness (QED) is 0.372. The molecule has 1 heterocycles. The second-order valence-electron chi connectivity index (χ2n) is 9.57. The molecule has 7 nitrogen and oxygen atoms in total. The van der Waals surface area contributed by atoms with E-state index in [1.807, 2.05) is 24.3 Å². The standard InChI is InChI=1S/C29H26N4O3S/c1-29(2,3)33-37(35,36)25-10-5-4-9-23(25)20-11-13-21(14-12-20)24-15-16-32-27(26(24)28(31)34)22-8-6-7-19(17-22)18-30/h4-17,33H,1-3H3,(H2,31,34). The fourth-order valence-electron chi connectivity index (χ4n) is 4.13. The molecule has 1 amide bonds. The molecule has 0 saturated heterocycles. The molecule has 4 aromatic rings. The lowest BCUT2D eigenvalue weighted by Gasteiger charge is -2.21. The van der Waals surface area contributed by atoms with E-state index in [4.69, 9.17) is 5.73 Å². The molecule has 3 aromatic carbocycles. The number of hydrogen-bond acceptors (Lipinski definition) is 5. The number of sulfonamides is 1. The van der Waals surface area contributed by atoms with Crippen LogP contribution in [0.4, 0.5) is 0 Å². The van der Waals surface area contributed by atoms with Crippen LogP contribution in [0, 0.1) is 11.3 Å². The second-order valence-corrected chi connectivity index (χ2v) is 11.2. The third-order valence-corrected chi connectivity index (χ3v) is 7.40. The lowest BCUT2D eigenvalue weighted by Crippen LogP contribution is -2.40. The van der Waals surface area contributed by atoms with Gasteiger partial charge in [-0.3, -0.25) is 9.78 Å². The number of hydrogen-bond donors (Lipinski definition) is 2. The lowest BCUT2D eigenvalue weighted by atomic mass is 9.94. The predicted octanol–water partition coefficient (Wildman–Crippen LogP) is 5.13. The number of carbonyl (C=O) groups is 1. The molecule has 0 unspecified atom stereocenters. The van der Waals surface area contributed by atoms with Gasteiger partial charge in [0.05, 0.1) is 27.8 Å². The van der Waals surface area contributed by atoms with Gasteiger partial charge in [0.1, 0.15) is 0 Å². The molecule has 0 atom stereocenters. The summed E-state index contributed by atoms with van der Waals surface area (Å²) in [6, 6.07) is 24.7. The Labute approximate surface area is 216 Å². The van der Waals surface area contributed by atoms with Crippen LogP contribution in [0.15, 0.2) is 90.0 Å². The minimum Gasteiger partial charge on any atom is -0.366 e. The van der Waals surface area contributed by atoms with Crippen molar-refractivity contribution in [1.82, 2.24) is 9.71 Å². The Balaban J connectivity index is 1.79. The molecular formula is C29H26N4O3S. The number of pyridine rings is 1. The summed E-state index contributed by atoms with van der Waals surface area (Å²) in [6.07, 6.45) is 1.59. The summed E-state index contributed by atoms with van der Waals surface area (Å²) in [4.78, 5) is 17.1. The van der Waals surface area contributed by atoms with Gasteiger partial charge in [0.25, 0.3) is 5.91 Å². The molecule has 37 heavy (non-hydrogen) atoms. The van der Waals surface area contributed by atoms with Crippen LogP contribution < -0.4 is 10.5 Å². The van der Waals surface area contributed by atoms with E-state index in [0.29, 0.717) is 39.1 Å². The molecular weight excluding hydrogens is 484 g/mol. The Morgan fingerprint density at radius 2 is 1.54 bits per heavy atom. The van der Waals surface area contributed by atoms with Gasteiger partial charge < -0.3 is 5.73 Å². The Hall–Kier alpha value is -4.32. The summed E-state index contributed by atoms with van der Waals surface area (Å²) in [5, 5.41) is 9.26. The fraction of sp³-hybridized carbons (Fsp3) is 0.138. The highest BCUT2D eigenvalue weighted by molar-refractivity contribution is 7.89. The number of amides is 1. The highest BCUT2D eigenvalue weighted by atomic mass is 32.2. The molecule has 8 heteroatoms. The number of nitrogens with zero attached hydrogens (tertiary/aromatic N) is 2. The maximum Gasteiger partial charge on any atom is 0.251 e. The molecule has 3 N–H and O–H groups in total. The van der Waals surface area contributed by atoms with Crippen molar-refractivity contribution in [3.05, 3.63) is 96.2 Å². The normalized spacial score (nSPS) is 11.6. The van der Waals surface area contributed by atoms with Gasteiger partial charge in [-0.05, 0) is 61.7 Å². The first-order valence-electron chi connectivity index (χ1n) is 11.5. The first kappa shape index (κ1) is 25.8. The summed E-state index contributed by atoms with van der Waals surface area (Å²) in [6.45, 7) is 5.37. The van der Waals surface area contributed by atoms with Gasteiger partial charge in [-0.15, -0.1) is 0 Å². The summed E-state index contributed by atoms with van der Waals surface area (Å²) < 4.78 is 28.9. The molecule has 0 aliphatic rings. The van der Waals surface area contributed by atoms with Gasteiger partial charge in [0.2, 0.25) is 10.0 Å². The Morgan fingerprint density at radius 3 is 2.16 bits per heavy atom. The average Bonchev–Trinajstić information content (AvgIpc) is 2.87. The van der Waals surface area contributed by atoms with E-state index in [9.17, 15) is 18.5 Å². The zero-order valence-corrected chi connectivity index (χ0v) is 21.5. The van der Waals surface area contributed by atoms with Crippen molar-refractivity contribution in [2.75, 3.05) is 0 Å². The van der Waals surface area contributed by atoms with Crippen molar-refractivity contribution in [1.29, 1.82) is 5.26 Å². The van der Waals surface area contributed by atoms with E-state index < -0.39 is 21.5 Å². The fourth-order valence-corrected chi connectivity index (χ4v) is 5.78. The molecule has 0 aliphatic carbocycles. The smallest absolute Gasteiger partial charge is 0.251 e. The number of aromatic nitrogens is 1. The number of carbonyl (C=O) groups excluding carboxylic acids is 1. The summed E-state index contributed by atoms with van der Waals surface area (Å²) in [5.41, 5.74) is 9.39. The van der Waals surface area contributed by atoms with E-state index >= 15 is 0 Å². The largest absolute Gasteiger partial charge is 0.366 e. The summed E-state index contributed by atoms with van der Waals surface area (Å²) in [7, 11) is -3.76. The van der Waals surface area contributed by atoms with Crippen molar-refractivity contribution in [2.45, 2.75) is 31.2 Å². The number of primary amides is 1. The summed E-state index contributed by atoms with van der Waals surface area (Å²) >= 11 is 0. The van der Waals surface area contributed by atoms with Gasteiger partial charge in [0, 0.05) is 22.9 Å². The minimum atomic E-state index is -3.76. The first-order valence-corrected chi connectivity index (χ1v) is 13.0. The third kappa shape index (κ3) is 5.59. The number of benzene rings is 3. The molecule has 0 spiro atoms. The van der Waals surface area contributed by atoms with Crippen molar-refractivity contribution in [2.24, 2.45) is 5.73 Å². The molecule has 0 saturated carbocycles. The van der Waals surface area contributed by atoms with Crippen LogP contribution >= 0.6 is 0 Å². The van der Waals surface area contributed by atoms with E-state index in [-0.39, 0.29) is 10.5 Å². The van der Waals surface area contributed by atoms with Crippen LogP contribution in [0.5, 0.6) is 0 Å². The van der Waals surface area contributed by atoms with Crippen LogP contribution in [0.3, 0.4) is 0 Å². The van der Waals surface area contributed by atoms with Gasteiger partial charge in [-0.2, -0.15) is 5.26 Å². The molecule has 0 fully saturated rings. The zero-order chi connectivity index (χ0) is 26.8. The molecule has 4 rings (SSSR count). The van der Waals surface area contributed by atoms with Crippen molar-refractivity contribution < 1.29 is 13.2 Å². The van der Waals surface area contributed by atoms with Gasteiger partial charge >= 0.3 is 0 Å². The maximum absolute atomic E-state index is 13.1. The second kappa shape index (κ2) is 9.97. The number of nitriles is 1. The van der Waals surface area contributed by atoms with E-state index in [0.717, 1.165) is 0 Å². The van der Waals surface area contributed by atoms with E-state index in [2.05, 4.69) is 15.8 Å². The van der Waals surface area contributed by atoms with Crippen molar-refractivity contribution in [3.63, 3.8) is 0 Å². The number of nitrogens with two attached hydrogens (primary N) is 1. The SMILES string of the molecule is CC(C)(C)NS(=O)(=O)c1ccccc1-c1ccc(-c2ccnc(-c3cccc(C#N)c3)c2C(N)=O)cc1. The van der Waals surface area contributed by atoms with Crippen LogP contribution in [-0.4, -0.2) is 24.8 Å². The van der Waals surface area contributed by atoms with Gasteiger partial charge in [-0.25, -0.2) is 13.1 Å². The van der Waals surface area contributed by atoms with E-state index in [1.165, 1.54) is 0 Å². The van der Waals surface area contributed by atoms with Crippen molar-refractivity contribution >= 4 is 15.9 Å². The highest BCUT2D eigenvalue weighted by Gasteiger charge is 2.25. The highest BCUT2D eigenvalue weighted by Crippen LogP contribution is 2.34. The lowest BCUT2D eigenvalue weighted by molar-refractivity contribution is 0.100. The monoisotopic (exact) mass is 510 g/mol. The maximum atomic E-state index is 13.1. The molecule has 0 aliphatic heterocycles. The number of rotatable bonds is 6. The minimum absolute atomic E-state index is 0.180. The molecule has 186 valence electrons. The van der Waals surface area contributed by atoms with E-state index in [1.54, 1.807) is 81.6 Å². The molecule has 0 radical (unpaired) electrons. The Morgan fingerprint density at radius 1 is 0.892 bits per heavy atom. The first-order chi connectivity index (χ1) is 17.5. The van der Waals surface area contributed by atoms with Crippen LogP contribution in [0.2, 0.25) is 0 Å². The number of nitrogens with one attached hydrogen (secondary N) is 1. The van der Waals surface area contributed by atoms with Gasteiger partial charge in [0.15, 0.2) is 0 Å². The summed E-state index contributed by atoms with van der Waals surface area (Å²) in [5.74, 6) is -0.644. The van der Waals surface area contributed by atoms with Crippen molar-refractivity contribution in [3.8, 4) is 39.6 Å². The average molecular weight is 511 g/mol. The topological polar surface area (TPSA) is 126 Å². The Bertz CT molecular complexity index is 1630. The van der Waals surface area contributed by atoms with Crippen LogP contribution in [-0.2, 0) is 10.0 Å². The third-order valence-electron chi connectivity index (χ3n) is 5.59. The van der Waals surface area contributed by atoms with Crippen LogP contribution in [0.1, 0.15) is 36.7 Å². The van der Waals surface area contributed by atoms with Gasteiger partial charge in [-0.1, -0.05) is 54.6 Å².